The van der Waals surface area contributed by atoms with Crippen molar-refractivity contribution in [1.29, 1.82) is 0 Å². The van der Waals surface area contributed by atoms with Crippen LogP contribution in [-0.4, -0.2) is 43.4 Å². The molecule has 1 aliphatic carbocycles. The fourth-order valence-electron chi connectivity index (χ4n) is 3.03. The van der Waals surface area contributed by atoms with Crippen LogP contribution in [0.4, 0.5) is 0 Å². The first-order valence-electron chi connectivity index (χ1n) is 8.54. The topological polar surface area (TPSA) is 56.7 Å². The predicted octanol–water partition coefficient (Wildman–Crippen LogP) is 2.91. The number of benzene rings is 1. The van der Waals surface area contributed by atoms with Crippen LogP contribution >= 0.6 is 15.9 Å². The summed E-state index contributed by atoms with van der Waals surface area (Å²) in [6.45, 7) is 0.967. The largest absolute Gasteiger partial charge is 0.352 e. The summed E-state index contributed by atoms with van der Waals surface area (Å²) in [7, 11) is 3.70. The van der Waals surface area contributed by atoms with Crippen LogP contribution in [0, 0.1) is 0 Å². The van der Waals surface area contributed by atoms with E-state index in [0.29, 0.717) is 18.5 Å². The van der Waals surface area contributed by atoms with Crippen molar-refractivity contribution < 1.29 is 4.79 Å². The molecule has 0 atom stereocenters. The summed E-state index contributed by atoms with van der Waals surface area (Å²) in [6, 6.07) is 8.45. The molecule has 0 saturated heterocycles. The number of nitrogens with one attached hydrogen (secondary N) is 2. The van der Waals surface area contributed by atoms with Crippen molar-refractivity contribution in [3.63, 3.8) is 0 Å². The minimum atomic E-state index is 0.0392. The highest BCUT2D eigenvalue weighted by Crippen LogP contribution is 2.18. The molecular weight excluding hydrogens is 368 g/mol. The molecule has 1 aliphatic rings. The molecule has 0 aliphatic heterocycles. The minimum absolute atomic E-state index is 0.0392. The number of halogens is 1. The SMILES string of the molecule is CN=C(NCC(=O)NC1CCCCC1)N(C)Cc1ccccc1Br. The highest BCUT2D eigenvalue weighted by atomic mass is 79.9. The summed E-state index contributed by atoms with van der Waals surface area (Å²) in [4.78, 5) is 18.4. The quantitative estimate of drug-likeness (QED) is 0.596. The summed E-state index contributed by atoms with van der Waals surface area (Å²) >= 11 is 3.56. The van der Waals surface area contributed by atoms with Gasteiger partial charge in [0.1, 0.15) is 0 Å². The molecule has 1 aromatic rings. The van der Waals surface area contributed by atoms with E-state index in [9.17, 15) is 4.79 Å². The maximum absolute atomic E-state index is 12.1. The standard InChI is InChI=1S/C18H27BrN4O/c1-20-18(23(2)13-14-8-6-7-11-16(14)19)21-12-17(24)22-15-9-4-3-5-10-15/h6-8,11,15H,3-5,9-10,12-13H2,1-2H3,(H,20,21)(H,22,24). The van der Waals surface area contributed by atoms with E-state index in [1.54, 1.807) is 7.05 Å². The number of carbonyl (C=O) groups is 1. The zero-order valence-electron chi connectivity index (χ0n) is 14.5. The van der Waals surface area contributed by atoms with Crippen LogP contribution < -0.4 is 10.6 Å². The van der Waals surface area contributed by atoms with Crippen molar-refractivity contribution in [2.45, 2.75) is 44.7 Å². The van der Waals surface area contributed by atoms with Crippen LogP contribution in [0.5, 0.6) is 0 Å². The van der Waals surface area contributed by atoms with E-state index >= 15 is 0 Å². The second-order valence-electron chi connectivity index (χ2n) is 6.25. The van der Waals surface area contributed by atoms with E-state index in [1.807, 2.05) is 30.1 Å². The van der Waals surface area contributed by atoms with Gasteiger partial charge in [-0.3, -0.25) is 9.79 Å². The molecule has 6 heteroatoms. The first-order valence-corrected chi connectivity index (χ1v) is 9.34. The number of carbonyl (C=O) groups excluding carboxylic acids is 1. The molecule has 0 aromatic heterocycles. The Morgan fingerprint density at radius 2 is 2.00 bits per heavy atom. The molecule has 2 rings (SSSR count). The van der Waals surface area contributed by atoms with E-state index in [2.05, 4.69) is 37.6 Å². The number of guanidine groups is 1. The van der Waals surface area contributed by atoms with Crippen LogP contribution in [0.25, 0.3) is 0 Å². The number of aliphatic imine (C=N–C) groups is 1. The highest BCUT2D eigenvalue weighted by Gasteiger charge is 2.16. The predicted molar refractivity (Wildman–Crippen MR) is 102 cm³/mol. The Labute approximate surface area is 153 Å². The van der Waals surface area contributed by atoms with E-state index < -0.39 is 0 Å². The third kappa shape index (κ3) is 5.82. The molecule has 1 aromatic carbocycles. The molecule has 0 spiro atoms. The second kappa shape index (κ2) is 9.67. The summed E-state index contributed by atoms with van der Waals surface area (Å²) in [5.74, 6) is 0.752. The molecule has 5 nitrogen and oxygen atoms in total. The Hall–Kier alpha value is -1.56. The van der Waals surface area contributed by atoms with Crippen molar-refractivity contribution in [3.8, 4) is 0 Å². The van der Waals surface area contributed by atoms with Crippen molar-refractivity contribution in [2.75, 3.05) is 20.6 Å². The Morgan fingerprint density at radius 3 is 2.67 bits per heavy atom. The van der Waals surface area contributed by atoms with Crippen molar-refractivity contribution in [3.05, 3.63) is 34.3 Å². The van der Waals surface area contributed by atoms with Crippen LogP contribution in [-0.2, 0) is 11.3 Å². The Bertz CT molecular complexity index is 570. The van der Waals surface area contributed by atoms with Gasteiger partial charge < -0.3 is 15.5 Å². The van der Waals surface area contributed by atoms with Crippen LogP contribution in [0.3, 0.4) is 0 Å². The average Bonchev–Trinajstić information content (AvgIpc) is 2.58. The van der Waals surface area contributed by atoms with Gasteiger partial charge in [0.25, 0.3) is 0 Å². The second-order valence-corrected chi connectivity index (χ2v) is 7.11. The highest BCUT2D eigenvalue weighted by molar-refractivity contribution is 9.10. The van der Waals surface area contributed by atoms with Gasteiger partial charge in [-0.05, 0) is 24.5 Å². The molecule has 1 amide bonds. The van der Waals surface area contributed by atoms with Gasteiger partial charge in [-0.25, -0.2) is 0 Å². The molecule has 1 fully saturated rings. The average molecular weight is 395 g/mol. The van der Waals surface area contributed by atoms with Gasteiger partial charge in [-0.2, -0.15) is 0 Å². The van der Waals surface area contributed by atoms with Crippen LogP contribution in [0.2, 0.25) is 0 Å². The van der Waals surface area contributed by atoms with E-state index in [-0.39, 0.29) is 12.5 Å². The number of hydrogen-bond acceptors (Lipinski definition) is 2. The normalized spacial score (nSPS) is 15.9. The van der Waals surface area contributed by atoms with E-state index in [4.69, 9.17) is 0 Å². The summed E-state index contributed by atoms with van der Waals surface area (Å²) < 4.78 is 1.07. The zero-order chi connectivity index (χ0) is 17.4. The molecule has 0 radical (unpaired) electrons. The van der Waals surface area contributed by atoms with Crippen LogP contribution in [0.1, 0.15) is 37.7 Å². The molecule has 0 heterocycles. The summed E-state index contributed by atoms with van der Waals surface area (Å²) in [6.07, 6.45) is 5.92. The lowest BCUT2D eigenvalue weighted by atomic mass is 9.95. The third-order valence-electron chi connectivity index (χ3n) is 4.32. The monoisotopic (exact) mass is 394 g/mol. The van der Waals surface area contributed by atoms with Gasteiger partial charge >= 0.3 is 0 Å². The summed E-state index contributed by atoms with van der Waals surface area (Å²) in [5, 5.41) is 6.26. The number of nitrogens with zero attached hydrogens (tertiary/aromatic N) is 2. The van der Waals surface area contributed by atoms with Crippen molar-refractivity contribution >= 4 is 27.8 Å². The van der Waals surface area contributed by atoms with Crippen molar-refractivity contribution in [1.82, 2.24) is 15.5 Å². The van der Waals surface area contributed by atoms with Gasteiger partial charge in [0.05, 0.1) is 6.54 Å². The fourth-order valence-corrected chi connectivity index (χ4v) is 3.44. The summed E-state index contributed by atoms with van der Waals surface area (Å²) in [5.41, 5.74) is 1.18. The van der Waals surface area contributed by atoms with Crippen molar-refractivity contribution in [2.24, 2.45) is 4.99 Å². The maximum atomic E-state index is 12.1. The Morgan fingerprint density at radius 1 is 1.29 bits per heavy atom. The third-order valence-corrected chi connectivity index (χ3v) is 5.09. The minimum Gasteiger partial charge on any atom is -0.352 e. The first-order chi connectivity index (χ1) is 11.6. The van der Waals surface area contributed by atoms with E-state index in [1.165, 1.54) is 24.8 Å². The lowest BCUT2D eigenvalue weighted by molar-refractivity contribution is -0.120. The smallest absolute Gasteiger partial charge is 0.239 e. The molecule has 1 saturated carbocycles. The number of hydrogen-bond donors (Lipinski definition) is 2. The fraction of sp³-hybridized carbons (Fsp3) is 0.556. The Balaban J connectivity index is 1.80. The molecule has 132 valence electrons. The molecule has 24 heavy (non-hydrogen) atoms. The van der Waals surface area contributed by atoms with Gasteiger partial charge in [0.2, 0.25) is 5.91 Å². The Kier molecular flexibility index (Phi) is 7.56. The molecule has 0 unspecified atom stereocenters. The molecular formula is C18H27BrN4O. The van der Waals surface area contributed by atoms with Gasteiger partial charge in [0.15, 0.2) is 5.96 Å². The lowest BCUT2D eigenvalue weighted by Gasteiger charge is -2.25. The molecule has 0 bridgehead atoms. The van der Waals surface area contributed by atoms with Gasteiger partial charge in [-0.15, -0.1) is 0 Å². The van der Waals surface area contributed by atoms with Gasteiger partial charge in [-0.1, -0.05) is 53.4 Å². The maximum Gasteiger partial charge on any atom is 0.239 e. The zero-order valence-corrected chi connectivity index (χ0v) is 16.1. The van der Waals surface area contributed by atoms with Gasteiger partial charge in [0, 0.05) is 31.2 Å². The number of rotatable bonds is 5. The first kappa shape index (κ1) is 18.8. The van der Waals surface area contributed by atoms with E-state index in [0.717, 1.165) is 17.3 Å². The van der Waals surface area contributed by atoms with Crippen LogP contribution in [0.15, 0.2) is 33.7 Å². The number of amides is 1. The lowest BCUT2D eigenvalue weighted by Crippen LogP contribution is -2.46. The molecule has 2 N–H and O–H groups in total.